The van der Waals surface area contributed by atoms with Crippen LogP contribution in [0.4, 0.5) is 5.69 Å². The van der Waals surface area contributed by atoms with Gasteiger partial charge in [0.15, 0.2) is 0 Å². The van der Waals surface area contributed by atoms with Crippen LogP contribution in [0.5, 0.6) is 0 Å². The molecule has 2 aromatic rings. The SMILES string of the molecule is Cc1nc(-c2ccc(N3CCC(C(=O)N4CCN(CC5CC5)CC4)C3)cn2)no1.Cl. The minimum atomic E-state index is 0. The van der Waals surface area contributed by atoms with Crippen LogP contribution in [0.3, 0.4) is 0 Å². The van der Waals surface area contributed by atoms with Gasteiger partial charge in [-0.15, -0.1) is 12.4 Å². The lowest BCUT2D eigenvalue weighted by molar-refractivity contribution is -0.136. The summed E-state index contributed by atoms with van der Waals surface area (Å²) in [5.41, 5.74) is 1.74. The van der Waals surface area contributed by atoms with Gasteiger partial charge in [-0.25, -0.2) is 0 Å². The second-order valence-electron chi connectivity index (χ2n) is 8.54. The molecule has 1 atom stereocenters. The zero-order valence-corrected chi connectivity index (χ0v) is 18.2. The molecule has 0 bridgehead atoms. The van der Waals surface area contributed by atoms with E-state index in [-0.39, 0.29) is 18.3 Å². The molecule has 5 rings (SSSR count). The fraction of sp³-hybridized carbons (Fsp3) is 0.619. The second-order valence-corrected chi connectivity index (χ2v) is 8.54. The molecule has 3 aliphatic rings. The summed E-state index contributed by atoms with van der Waals surface area (Å²) in [6.07, 6.45) is 5.53. The van der Waals surface area contributed by atoms with E-state index in [2.05, 4.69) is 29.8 Å². The molecule has 1 saturated carbocycles. The lowest BCUT2D eigenvalue weighted by Crippen LogP contribution is -2.51. The Morgan fingerprint density at radius 2 is 1.93 bits per heavy atom. The first-order valence-corrected chi connectivity index (χ1v) is 10.7. The third-order valence-electron chi connectivity index (χ3n) is 6.30. The van der Waals surface area contributed by atoms with E-state index in [1.165, 1.54) is 19.4 Å². The van der Waals surface area contributed by atoms with E-state index in [0.29, 0.717) is 23.3 Å². The molecule has 162 valence electrons. The van der Waals surface area contributed by atoms with Crippen LogP contribution in [-0.2, 0) is 4.79 Å². The average Bonchev–Trinajstić information content (AvgIpc) is 3.24. The minimum absolute atomic E-state index is 0. The molecule has 0 N–H and O–H groups in total. The maximum absolute atomic E-state index is 13.0. The van der Waals surface area contributed by atoms with Gasteiger partial charge in [-0.2, -0.15) is 4.98 Å². The van der Waals surface area contributed by atoms with Crippen LogP contribution < -0.4 is 4.90 Å². The first-order chi connectivity index (χ1) is 14.2. The van der Waals surface area contributed by atoms with Crippen molar-refractivity contribution in [2.75, 3.05) is 50.7 Å². The van der Waals surface area contributed by atoms with Crippen molar-refractivity contribution in [2.24, 2.45) is 11.8 Å². The number of hydrogen-bond donors (Lipinski definition) is 0. The molecule has 9 heteroatoms. The van der Waals surface area contributed by atoms with Crippen molar-refractivity contribution in [2.45, 2.75) is 26.2 Å². The van der Waals surface area contributed by atoms with Crippen molar-refractivity contribution in [3.8, 4) is 11.5 Å². The van der Waals surface area contributed by atoms with E-state index >= 15 is 0 Å². The zero-order valence-electron chi connectivity index (χ0n) is 17.4. The normalized spacial score (nSPS) is 22.2. The van der Waals surface area contributed by atoms with Gasteiger partial charge in [0.05, 0.1) is 17.8 Å². The first-order valence-electron chi connectivity index (χ1n) is 10.7. The van der Waals surface area contributed by atoms with Crippen molar-refractivity contribution < 1.29 is 9.32 Å². The van der Waals surface area contributed by atoms with E-state index in [1.54, 1.807) is 6.92 Å². The summed E-state index contributed by atoms with van der Waals surface area (Å²) in [6.45, 7) is 8.46. The van der Waals surface area contributed by atoms with Crippen molar-refractivity contribution in [3.63, 3.8) is 0 Å². The highest BCUT2D eigenvalue weighted by Crippen LogP contribution is 2.30. The highest BCUT2D eigenvalue weighted by molar-refractivity contribution is 5.85. The van der Waals surface area contributed by atoms with Crippen LogP contribution in [0.15, 0.2) is 22.9 Å². The lowest BCUT2D eigenvalue weighted by Gasteiger charge is -2.36. The summed E-state index contributed by atoms with van der Waals surface area (Å²) < 4.78 is 5.02. The summed E-state index contributed by atoms with van der Waals surface area (Å²) >= 11 is 0. The number of aromatic nitrogens is 3. The summed E-state index contributed by atoms with van der Waals surface area (Å²) in [5, 5.41) is 3.91. The van der Waals surface area contributed by atoms with Crippen LogP contribution in [-0.4, -0.2) is 76.6 Å². The Balaban J connectivity index is 0.00000218. The highest BCUT2D eigenvalue weighted by Gasteiger charge is 2.34. The van der Waals surface area contributed by atoms with Gasteiger partial charge in [-0.3, -0.25) is 14.7 Å². The molecule has 1 unspecified atom stereocenters. The Morgan fingerprint density at radius 1 is 1.13 bits per heavy atom. The van der Waals surface area contributed by atoms with Crippen LogP contribution >= 0.6 is 12.4 Å². The molecular formula is C21H29ClN6O2. The molecule has 0 aromatic carbocycles. The number of hydrogen-bond acceptors (Lipinski definition) is 7. The van der Waals surface area contributed by atoms with Crippen molar-refractivity contribution >= 4 is 24.0 Å². The second kappa shape index (κ2) is 8.89. The van der Waals surface area contributed by atoms with Crippen molar-refractivity contribution in [1.82, 2.24) is 24.9 Å². The smallest absolute Gasteiger partial charge is 0.227 e. The van der Waals surface area contributed by atoms with E-state index in [0.717, 1.165) is 57.3 Å². The quantitative estimate of drug-likeness (QED) is 0.716. The summed E-state index contributed by atoms with van der Waals surface area (Å²) in [5.74, 6) is 2.36. The van der Waals surface area contributed by atoms with Gasteiger partial charge in [0.2, 0.25) is 17.6 Å². The number of pyridine rings is 1. The number of halogens is 1. The Morgan fingerprint density at radius 3 is 2.57 bits per heavy atom. The Labute approximate surface area is 183 Å². The number of anilines is 1. The Bertz CT molecular complexity index is 861. The number of nitrogens with zero attached hydrogens (tertiary/aromatic N) is 6. The molecule has 2 aliphatic heterocycles. The van der Waals surface area contributed by atoms with Gasteiger partial charge in [0.25, 0.3) is 0 Å². The number of rotatable bonds is 5. The number of aryl methyl sites for hydroxylation is 1. The van der Waals surface area contributed by atoms with Gasteiger partial charge in [-0.05, 0) is 37.3 Å². The number of carbonyl (C=O) groups is 1. The average molecular weight is 433 g/mol. The molecule has 2 saturated heterocycles. The predicted molar refractivity (Wildman–Crippen MR) is 116 cm³/mol. The number of carbonyl (C=O) groups excluding carboxylic acids is 1. The molecule has 4 heterocycles. The largest absolute Gasteiger partial charge is 0.369 e. The topological polar surface area (TPSA) is 78.6 Å². The van der Waals surface area contributed by atoms with E-state index in [4.69, 9.17) is 4.52 Å². The standard InChI is InChI=1S/C21H28N6O2.ClH/c1-15-23-20(24-29-15)19-5-4-18(12-22-19)27-7-6-17(14-27)21(28)26-10-8-25(9-11-26)13-16-2-3-16;/h4-5,12,16-17H,2-3,6-11,13-14H2,1H3;1H. The van der Waals surface area contributed by atoms with E-state index in [9.17, 15) is 4.79 Å². The minimum Gasteiger partial charge on any atom is -0.369 e. The van der Waals surface area contributed by atoms with Crippen LogP contribution in [0.1, 0.15) is 25.2 Å². The fourth-order valence-corrected chi connectivity index (χ4v) is 4.38. The third kappa shape index (κ3) is 4.59. The summed E-state index contributed by atoms with van der Waals surface area (Å²) in [4.78, 5) is 28.5. The van der Waals surface area contributed by atoms with Gasteiger partial charge in [0.1, 0.15) is 5.69 Å². The molecule has 2 aromatic heterocycles. The summed E-state index contributed by atoms with van der Waals surface area (Å²) in [6, 6.07) is 3.94. The van der Waals surface area contributed by atoms with Gasteiger partial charge < -0.3 is 14.3 Å². The Kier molecular flexibility index (Phi) is 6.24. The van der Waals surface area contributed by atoms with Crippen LogP contribution in [0.2, 0.25) is 0 Å². The maximum Gasteiger partial charge on any atom is 0.227 e. The number of piperazine rings is 1. The van der Waals surface area contributed by atoms with Gasteiger partial charge >= 0.3 is 0 Å². The van der Waals surface area contributed by atoms with Crippen molar-refractivity contribution in [3.05, 3.63) is 24.2 Å². The highest BCUT2D eigenvalue weighted by atomic mass is 35.5. The molecule has 0 radical (unpaired) electrons. The van der Waals surface area contributed by atoms with E-state index < -0.39 is 0 Å². The monoisotopic (exact) mass is 432 g/mol. The molecule has 30 heavy (non-hydrogen) atoms. The Hall–Kier alpha value is -2.19. The lowest BCUT2D eigenvalue weighted by atomic mass is 10.1. The van der Waals surface area contributed by atoms with Crippen molar-refractivity contribution in [1.29, 1.82) is 0 Å². The summed E-state index contributed by atoms with van der Waals surface area (Å²) in [7, 11) is 0. The van der Waals surface area contributed by atoms with Crippen LogP contribution in [0.25, 0.3) is 11.5 Å². The molecule has 8 nitrogen and oxygen atoms in total. The zero-order chi connectivity index (χ0) is 19.8. The van der Waals surface area contributed by atoms with Gasteiger partial charge in [0, 0.05) is 52.7 Å². The molecule has 1 aliphatic carbocycles. The first kappa shape index (κ1) is 21.1. The third-order valence-corrected chi connectivity index (χ3v) is 6.30. The molecule has 1 amide bonds. The van der Waals surface area contributed by atoms with E-state index in [1.807, 2.05) is 18.3 Å². The molecule has 0 spiro atoms. The molecule has 3 fully saturated rings. The van der Waals surface area contributed by atoms with Gasteiger partial charge in [-0.1, -0.05) is 5.16 Å². The fourth-order valence-electron chi connectivity index (χ4n) is 4.38. The maximum atomic E-state index is 13.0. The predicted octanol–water partition coefficient (Wildman–Crippen LogP) is 2.24. The van der Waals surface area contributed by atoms with Crippen LogP contribution in [0, 0.1) is 18.8 Å². The number of amides is 1. The molecular weight excluding hydrogens is 404 g/mol.